The summed E-state index contributed by atoms with van der Waals surface area (Å²) >= 11 is 6.79. The summed E-state index contributed by atoms with van der Waals surface area (Å²) in [5.74, 6) is 0.745. The molecule has 5 rings (SSSR count). The van der Waals surface area contributed by atoms with Gasteiger partial charge in [-0.3, -0.25) is 9.30 Å². The number of nitrogens with zero attached hydrogens (tertiary/aromatic N) is 8. The Morgan fingerprint density at radius 3 is 2.39 bits per heavy atom. The van der Waals surface area contributed by atoms with E-state index >= 15 is 0 Å². The highest BCUT2D eigenvalue weighted by Gasteiger charge is 2.26. The molecule has 11 nitrogen and oxygen atoms in total. The zero-order valence-corrected chi connectivity index (χ0v) is 19.8. The number of sulfonamides is 1. The van der Waals surface area contributed by atoms with Gasteiger partial charge >= 0.3 is 0 Å². The van der Waals surface area contributed by atoms with Crippen LogP contribution in [-0.2, 0) is 21.3 Å². The number of piperazine rings is 1. The van der Waals surface area contributed by atoms with E-state index in [0.717, 1.165) is 17.1 Å². The van der Waals surface area contributed by atoms with Gasteiger partial charge in [-0.2, -0.15) is 4.31 Å². The summed E-state index contributed by atoms with van der Waals surface area (Å²) < 4.78 is 32.5. The molecule has 176 valence electrons. The van der Waals surface area contributed by atoms with Crippen molar-refractivity contribution in [3.05, 3.63) is 35.8 Å². The summed E-state index contributed by atoms with van der Waals surface area (Å²) in [4.78, 5) is 22.3. The van der Waals surface area contributed by atoms with E-state index in [1.54, 1.807) is 12.4 Å². The lowest BCUT2D eigenvalue weighted by Crippen LogP contribution is -2.47. The van der Waals surface area contributed by atoms with Crippen molar-refractivity contribution in [2.45, 2.75) is 6.54 Å². The molecule has 3 aromatic rings. The summed E-state index contributed by atoms with van der Waals surface area (Å²) in [6.07, 6.45) is 8.03. The lowest BCUT2D eigenvalue weighted by atomic mass is 10.2. The number of ether oxygens (including phenoxy) is 1. The molecule has 5 heterocycles. The zero-order chi connectivity index (χ0) is 23.0. The van der Waals surface area contributed by atoms with E-state index in [4.69, 9.17) is 26.3 Å². The first-order chi connectivity index (χ1) is 15.9. The molecule has 0 unspecified atom stereocenters. The van der Waals surface area contributed by atoms with Gasteiger partial charge in [-0.1, -0.05) is 11.6 Å². The number of halogens is 1. The standard InChI is InChI=1S/C20H25ClN8O3S/c1-33(30,31)28-4-2-26(3-5-28)12-16-13-29-18(21)17(15-10-22-14-23-11-15)25-19(20(29)24-16)27-6-8-32-9-7-27/h10-11,13-14H,2-9,12H2,1H3. The van der Waals surface area contributed by atoms with E-state index in [1.807, 2.05) is 10.6 Å². The van der Waals surface area contributed by atoms with Gasteiger partial charge in [-0.25, -0.2) is 28.4 Å². The lowest BCUT2D eigenvalue weighted by Gasteiger charge is -2.32. The average Bonchev–Trinajstić information content (AvgIpc) is 3.24. The Morgan fingerprint density at radius 1 is 1.03 bits per heavy atom. The van der Waals surface area contributed by atoms with Gasteiger partial charge in [-0.15, -0.1) is 0 Å². The minimum Gasteiger partial charge on any atom is -0.378 e. The summed E-state index contributed by atoms with van der Waals surface area (Å²) in [5.41, 5.74) is 2.86. The maximum atomic E-state index is 11.8. The van der Waals surface area contributed by atoms with Crippen molar-refractivity contribution in [1.82, 2.24) is 33.5 Å². The number of hydrogen-bond donors (Lipinski definition) is 0. The van der Waals surface area contributed by atoms with Crippen LogP contribution in [0.1, 0.15) is 5.69 Å². The van der Waals surface area contributed by atoms with Crippen molar-refractivity contribution < 1.29 is 13.2 Å². The topological polar surface area (TPSA) is 109 Å². The average molecular weight is 493 g/mol. The number of fused-ring (bicyclic) bond motifs is 1. The first kappa shape index (κ1) is 22.4. The number of aromatic nitrogens is 5. The van der Waals surface area contributed by atoms with Crippen LogP contribution in [0.15, 0.2) is 24.9 Å². The van der Waals surface area contributed by atoms with Gasteiger partial charge in [-0.05, 0) is 0 Å². The molecule has 0 radical (unpaired) electrons. The minimum atomic E-state index is -3.16. The van der Waals surface area contributed by atoms with Crippen LogP contribution in [0.3, 0.4) is 0 Å². The van der Waals surface area contributed by atoms with Crippen molar-refractivity contribution >= 4 is 33.1 Å². The molecule has 3 aromatic heterocycles. The van der Waals surface area contributed by atoms with E-state index in [9.17, 15) is 8.42 Å². The monoisotopic (exact) mass is 492 g/mol. The number of rotatable bonds is 5. The molecule has 0 amide bonds. The Bertz CT molecular complexity index is 1240. The first-order valence-electron chi connectivity index (χ1n) is 10.7. The maximum absolute atomic E-state index is 11.8. The smallest absolute Gasteiger partial charge is 0.211 e. The van der Waals surface area contributed by atoms with Gasteiger partial charge in [0, 0.05) is 70.0 Å². The Morgan fingerprint density at radius 2 is 1.73 bits per heavy atom. The first-order valence-corrected chi connectivity index (χ1v) is 13.0. The van der Waals surface area contributed by atoms with Crippen molar-refractivity contribution in [1.29, 1.82) is 0 Å². The fourth-order valence-corrected chi connectivity index (χ4v) is 5.28. The lowest BCUT2D eigenvalue weighted by molar-refractivity contribution is 0.122. The van der Waals surface area contributed by atoms with Crippen LogP contribution in [0, 0.1) is 0 Å². The van der Waals surface area contributed by atoms with Gasteiger partial charge in [0.2, 0.25) is 10.0 Å². The van der Waals surface area contributed by atoms with Crippen molar-refractivity contribution in [2.24, 2.45) is 0 Å². The van der Waals surface area contributed by atoms with Crippen LogP contribution in [0.5, 0.6) is 0 Å². The molecular weight excluding hydrogens is 468 g/mol. The molecule has 0 atom stereocenters. The SMILES string of the molecule is CS(=O)(=O)N1CCN(Cc2cn3c(Cl)c(-c4cncnc4)nc(N4CCOCC4)c3n2)CC1. The molecular formula is C20H25ClN8O3S. The Kier molecular flexibility index (Phi) is 6.18. The Labute approximate surface area is 197 Å². The van der Waals surface area contributed by atoms with E-state index in [1.165, 1.54) is 16.9 Å². The van der Waals surface area contributed by atoms with Gasteiger partial charge in [0.25, 0.3) is 0 Å². The third-order valence-corrected chi connectivity index (χ3v) is 7.58. The van der Waals surface area contributed by atoms with Gasteiger partial charge in [0.1, 0.15) is 17.2 Å². The van der Waals surface area contributed by atoms with Crippen LogP contribution < -0.4 is 4.90 Å². The van der Waals surface area contributed by atoms with E-state index in [2.05, 4.69) is 19.8 Å². The summed E-state index contributed by atoms with van der Waals surface area (Å²) in [6, 6.07) is 0. The second kappa shape index (κ2) is 9.11. The largest absolute Gasteiger partial charge is 0.378 e. The quantitative estimate of drug-likeness (QED) is 0.509. The molecule has 0 N–H and O–H groups in total. The second-order valence-electron chi connectivity index (χ2n) is 8.17. The molecule has 0 aromatic carbocycles. The number of hydrogen-bond acceptors (Lipinski definition) is 9. The number of morpholine rings is 1. The van der Waals surface area contributed by atoms with Crippen molar-refractivity contribution in [3.8, 4) is 11.3 Å². The number of imidazole rings is 1. The van der Waals surface area contributed by atoms with Crippen LogP contribution in [-0.4, -0.2) is 101 Å². The van der Waals surface area contributed by atoms with E-state index in [-0.39, 0.29) is 0 Å². The minimum absolute atomic E-state index is 0.442. The normalized spacial score (nSPS) is 18.8. The van der Waals surface area contributed by atoms with Crippen molar-refractivity contribution in [2.75, 3.05) is 63.6 Å². The molecule has 0 spiro atoms. The molecule has 0 aliphatic carbocycles. The van der Waals surface area contributed by atoms with Gasteiger partial charge < -0.3 is 9.64 Å². The molecule has 2 fully saturated rings. The molecule has 2 saturated heterocycles. The predicted molar refractivity (Wildman–Crippen MR) is 124 cm³/mol. The van der Waals surface area contributed by atoms with Gasteiger partial charge in [0.15, 0.2) is 11.5 Å². The van der Waals surface area contributed by atoms with Crippen LogP contribution in [0.25, 0.3) is 16.9 Å². The van der Waals surface area contributed by atoms with Crippen LogP contribution >= 0.6 is 11.6 Å². The highest BCUT2D eigenvalue weighted by Crippen LogP contribution is 2.32. The van der Waals surface area contributed by atoms with Crippen molar-refractivity contribution in [3.63, 3.8) is 0 Å². The number of anilines is 1. The maximum Gasteiger partial charge on any atom is 0.211 e. The van der Waals surface area contributed by atoms with Crippen LogP contribution in [0.2, 0.25) is 5.15 Å². The molecule has 33 heavy (non-hydrogen) atoms. The molecule has 2 aliphatic rings. The van der Waals surface area contributed by atoms with E-state index < -0.39 is 10.0 Å². The highest BCUT2D eigenvalue weighted by atomic mass is 35.5. The van der Waals surface area contributed by atoms with Crippen LogP contribution in [0.4, 0.5) is 5.82 Å². The van der Waals surface area contributed by atoms with E-state index in [0.29, 0.717) is 75.5 Å². The summed E-state index contributed by atoms with van der Waals surface area (Å²) in [7, 11) is -3.16. The Hall–Kier alpha value is -2.38. The molecule has 2 aliphatic heterocycles. The fourth-order valence-electron chi connectivity index (χ4n) is 4.17. The predicted octanol–water partition coefficient (Wildman–Crippen LogP) is 0.754. The third kappa shape index (κ3) is 4.66. The Balaban J connectivity index is 1.49. The summed E-state index contributed by atoms with van der Waals surface area (Å²) in [6.45, 7) is 5.53. The highest BCUT2D eigenvalue weighted by molar-refractivity contribution is 7.88. The molecule has 13 heteroatoms. The summed E-state index contributed by atoms with van der Waals surface area (Å²) in [5, 5.41) is 0.442. The third-order valence-electron chi connectivity index (χ3n) is 5.91. The molecule has 0 saturated carbocycles. The molecule has 0 bridgehead atoms. The second-order valence-corrected chi connectivity index (χ2v) is 10.5. The van der Waals surface area contributed by atoms with Gasteiger partial charge in [0.05, 0.1) is 25.2 Å². The zero-order valence-electron chi connectivity index (χ0n) is 18.3. The fraction of sp³-hybridized carbons (Fsp3) is 0.500.